The zero-order valence-electron chi connectivity index (χ0n) is 26.0. The number of rotatable bonds is 11. The average molecular weight is 614 g/mol. The van der Waals surface area contributed by atoms with Crippen LogP contribution < -0.4 is 16.0 Å². The molecule has 2 aliphatic heterocycles. The smallest absolute Gasteiger partial charge is 0.246 e. The number of nitrogens with zero attached hydrogens (tertiary/aromatic N) is 2. The van der Waals surface area contributed by atoms with E-state index in [4.69, 9.17) is 4.74 Å². The van der Waals surface area contributed by atoms with Gasteiger partial charge in [0.05, 0.1) is 34.3 Å². The van der Waals surface area contributed by atoms with E-state index < -0.39 is 23.6 Å². The molecule has 3 amide bonds. The highest BCUT2D eigenvalue weighted by atomic mass is 32.1. The quantitative estimate of drug-likeness (QED) is 0.286. The highest BCUT2D eigenvalue weighted by Crippen LogP contribution is 2.29. The molecule has 4 atom stereocenters. The highest BCUT2D eigenvalue weighted by molar-refractivity contribution is 7.13. The van der Waals surface area contributed by atoms with E-state index in [1.807, 2.05) is 64.4 Å². The fraction of sp³-hybridized carbons (Fsp3) is 0.625. The summed E-state index contributed by atoms with van der Waals surface area (Å²) in [6.07, 6.45) is 2.32. The molecular formula is C32H47N5O5S. The number of hydrogen-bond acceptors (Lipinski definition) is 8. The van der Waals surface area contributed by atoms with E-state index in [0.29, 0.717) is 13.0 Å². The first-order valence-corrected chi connectivity index (χ1v) is 16.2. The zero-order chi connectivity index (χ0) is 31.1. The lowest BCUT2D eigenvalue weighted by Crippen LogP contribution is -2.57. The van der Waals surface area contributed by atoms with Crippen LogP contribution in [-0.4, -0.2) is 83.2 Å². The van der Waals surface area contributed by atoms with Crippen LogP contribution >= 0.6 is 11.3 Å². The topological polar surface area (TPSA) is 133 Å². The van der Waals surface area contributed by atoms with Crippen molar-refractivity contribution in [1.29, 1.82) is 0 Å². The first kappa shape index (κ1) is 33.0. The van der Waals surface area contributed by atoms with E-state index in [1.54, 1.807) is 11.3 Å². The van der Waals surface area contributed by atoms with Crippen molar-refractivity contribution in [3.05, 3.63) is 41.0 Å². The maximum absolute atomic E-state index is 13.8. The lowest BCUT2D eigenvalue weighted by Gasteiger charge is -2.35. The number of carbonyl (C=O) groups is 3. The third-order valence-corrected chi connectivity index (χ3v) is 9.23. The number of carbonyl (C=O) groups excluding carboxylic acids is 3. The third kappa shape index (κ3) is 8.84. The minimum absolute atomic E-state index is 0.0424. The Labute approximate surface area is 259 Å². The summed E-state index contributed by atoms with van der Waals surface area (Å²) in [5.41, 5.74) is 4.21. The van der Waals surface area contributed by atoms with Gasteiger partial charge in [-0.1, -0.05) is 45.0 Å². The van der Waals surface area contributed by atoms with Crippen molar-refractivity contribution >= 4 is 29.1 Å². The molecule has 4 rings (SSSR count). The maximum Gasteiger partial charge on any atom is 0.246 e. The van der Waals surface area contributed by atoms with Gasteiger partial charge in [0.15, 0.2) is 0 Å². The minimum atomic E-state index is -0.842. The van der Waals surface area contributed by atoms with Crippen LogP contribution in [-0.2, 0) is 19.1 Å². The number of aliphatic hydroxyl groups excluding tert-OH is 1. The van der Waals surface area contributed by atoms with Gasteiger partial charge in [0.2, 0.25) is 17.7 Å². The summed E-state index contributed by atoms with van der Waals surface area (Å²) in [7, 11) is 0. The predicted octanol–water partition coefficient (Wildman–Crippen LogP) is 3.34. The van der Waals surface area contributed by atoms with Gasteiger partial charge in [-0.15, -0.1) is 11.3 Å². The second kappa shape index (κ2) is 14.7. The molecule has 0 spiro atoms. The summed E-state index contributed by atoms with van der Waals surface area (Å²) in [6.45, 7) is 12.0. The van der Waals surface area contributed by atoms with Crippen molar-refractivity contribution in [3.63, 3.8) is 0 Å². The molecule has 11 heteroatoms. The molecule has 1 aromatic carbocycles. The van der Waals surface area contributed by atoms with Gasteiger partial charge in [0.25, 0.3) is 0 Å². The number of benzene rings is 1. The fourth-order valence-electron chi connectivity index (χ4n) is 5.69. The second-order valence-electron chi connectivity index (χ2n) is 12.8. The number of aliphatic hydroxyl groups is 1. The van der Waals surface area contributed by atoms with E-state index in [1.165, 1.54) is 4.90 Å². The van der Waals surface area contributed by atoms with Crippen molar-refractivity contribution < 1.29 is 24.2 Å². The van der Waals surface area contributed by atoms with Gasteiger partial charge in [0.1, 0.15) is 12.1 Å². The summed E-state index contributed by atoms with van der Waals surface area (Å²) in [6, 6.07) is 6.02. The molecule has 2 aromatic rings. The first-order valence-electron chi connectivity index (χ1n) is 15.3. The molecule has 2 aliphatic rings. The lowest BCUT2D eigenvalue weighted by atomic mass is 9.85. The summed E-state index contributed by atoms with van der Waals surface area (Å²) in [5.74, 6) is -0.914. The van der Waals surface area contributed by atoms with Crippen LogP contribution in [0, 0.1) is 12.3 Å². The van der Waals surface area contributed by atoms with Gasteiger partial charge in [-0.3, -0.25) is 14.4 Å². The molecule has 0 saturated carbocycles. The van der Waals surface area contributed by atoms with Crippen molar-refractivity contribution in [2.45, 2.75) is 97.1 Å². The van der Waals surface area contributed by atoms with E-state index in [0.717, 1.165) is 47.6 Å². The molecule has 0 aliphatic carbocycles. The second-order valence-corrected chi connectivity index (χ2v) is 13.7. The molecular weight excluding hydrogens is 566 g/mol. The summed E-state index contributed by atoms with van der Waals surface area (Å²) in [5, 5.41) is 19.8. The monoisotopic (exact) mass is 613 g/mol. The van der Waals surface area contributed by atoms with Gasteiger partial charge in [-0.05, 0) is 62.7 Å². The number of nitrogens with one attached hydrogen (secondary N) is 3. The van der Waals surface area contributed by atoms with E-state index >= 15 is 0 Å². The molecule has 2 saturated heterocycles. The minimum Gasteiger partial charge on any atom is -0.391 e. The number of β-amino-alcohol motifs (C(OH)–C–C–N with tert-alkyl or cyclic N) is 1. The lowest BCUT2D eigenvalue weighted by molar-refractivity contribution is -0.144. The van der Waals surface area contributed by atoms with Crippen LogP contribution in [0.4, 0.5) is 0 Å². The molecule has 43 heavy (non-hydrogen) atoms. The van der Waals surface area contributed by atoms with E-state index in [-0.39, 0.29) is 49.3 Å². The van der Waals surface area contributed by atoms with Crippen LogP contribution in [0.2, 0.25) is 0 Å². The molecule has 4 N–H and O–H groups in total. The Hall–Kier alpha value is -2.86. The highest BCUT2D eigenvalue weighted by Gasteiger charge is 2.44. The van der Waals surface area contributed by atoms with Gasteiger partial charge < -0.3 is 30.7 Å². The van der Waals surface area contributed by atoms with Crippen LogP contribution in [0.3, 0.4) is 0 Å². The number of amides is 3. The Kier molecular flexibility index (Phi) is 11.3. The number of aryl methyl sites for hydroxylation is 1. The standard InChI is InChI=1S/C32H47N5O5S/c1-20(22-8-10-23(11-9-22)28-21(2)34-19-43-28)35-30(40)26-17-24(38)18-37(26)31(41)29(32(3,4)5)36-27(39)7-6-16-42-25-12-14-33-15-13-25/h8-11,19-20,24-26,29,33,38H,6-7,12-18H2,1-5H3,(H,35,40)(H,36,39)/t20?,24-,26+,29?/m1/s1. The Morgan fingerprint density at radius 1 is 1.16 bits per heavy atom. The van der Waals surface area contributed by atoms with Crippen LogP contribution in [0.15, 0.2) is 29.8 Å². The van der Waals surface area contributed by atoms with E-state index in [2.05, 4.69) is 20.9 Å². The molecule has 0 radical (unpaired) electrons. The van der Waals surface area contributed by atoms with E-state index in [9.17, 15) is 19.5 Å². The maximum atomic E-state index is 13.8. The largest absolute Gasteiger partial charge is 0.391 e. The zero-order valence-corrected chi connectivity index (χ0v) is 26.8. The molecule has 3 heterocycles. The summed E-state index contributed by atoms with van der Waals surface area (Å²) >= 11 is 1.59. The predicted molar refractivity (Wildman–Crippen MR) is 167 cm³/mol. The van der Waals surface area contributed by atoms with Crippen molar-refractivity contribution in [2.24, 2.45) is 5.41 Å². The Morgan fingerprint density at radius 3 is 2.49 bits per heavy atom. The molecule has 0 bridgehead atoms. The third-order valence-electron chi connectivity index (χ3n) is 8.25. The van der Waals surface area contributed by atoms with Crippen LogP contribution in [0.25, 0.3) is 10.4 Å². The molecule has 2 fully saturated rings. The normalized spacial score (nSPS) is 20.9. The Balaban J connectivity index is 1.34. The van der Waals surface area contributed by atoms with Gasteiger partial charge in [-0.25, -0.2) is 4.98 Å². The number of thiazole rings is 1. The average Bonchev–Trinajstić information content (AvgIpc) is 3.59. The van der Waals surface area contributed by atoms with Gasteiger partial charge in [0, 0.05) is 26.0 Å². The Bertz CT molecular complexity index is 1240. The molecule has 10 nitrogen and oxygen atoms in total. The fourth-order valence-corrected chi connectivity index (χ4v) is 6.51. The summed E-state index contributed by atoms with van der Waals surface area (Å²) in [4.78, 5) is 47.1. The molecule has 236 valence electrons. The van der Waals surface area contributed by atoms with Crippen LogP contribution in [0.5, 0.6) is 0 Å². The van der Waals surface area contributed by atoms with Crippen molar-refractivity contribution in [1.82, 2.24) is 25.8 Å². The van der Waals surface area contributed by atoms with Crippen molar-refractivity contribution in [3.8, 4) is 10.4 Å². The number of likely N-dealkylation sites (tertiary alicyclic amines) is 1. The number of aromatic nitrogens is 1. The SMILES string of the molecule is Cc1ncsc1-c1ccc(C(C)NC(=O)[C@@H]2C[C@@H](O)CN2C(=O)C(NC(=O)CCCOC2CCNCC2)C(C)(C)C)cc1. The van der Waals surface area contributed by atoms with Gasteiger partial charge >= 0.3 is 0 Å². The van der Waals surface area contributed by atoms with Crippen LogP contribution in [0.1, 0.15) is 77.1 Å². The first-order chi connectivity index (χ1) is 20.4. The summed E-state index contributed by atoms with van der Waals surface area (Å²) < 4.78 is 5.91. The van der Waals surface area contributed by atoms with Crippen molar-refractivity contribution in [2.75, 3.05) is 26.2 Å². The Morgan fingerprint density at radius 2 is 1.86 bits per heavy atom. The number of piperidine rings is 1. The molecule has 2 unspecified atom stereocenters. The molecule has 1 aromatic heterocycles. The number of ether oxygens (including phenoxy) is 1. The number of hydrogen-bond donors (Lipinski definition) is 4. The van der Waals surface area contributed by atoms with Gasteiger partial charge in [-0.2, -0.15) is 0 Å².